The number of carbonyl (C=O) groups excluding carboxylic acids is 1. The largest absolute Gasteiger partial charge is 0.452 e. The zero-order valence-electron chi connectivity index (χ0n) is 13.1. The Hall–Kier alpha value is -2.22. The number of hydrogen-bond acceptors (Lipinski definition) is 7. The van der Waals surface area contributed by atoms with Crippen molar-refractivity contribution in [1.29, 1.82) is 0 Å². The molecule has 0 amide bonds. The molecule has 0 aliphatic heterocycles. The molecule has 0 aliphatic rings. The van der Waals surface area contributed by atoms with Crippen LogP contribution in [-0.4, -0.2) is 30.3 Å². The maximum atomic E-state index is 12.2. The molecule has 0 spiro atoms. The maximum absolute atomic E-state index is 12.2. The third kappa shape index (κ3) is 3.95. The highest BCUT2D eigenvalue weighted by Crippen LogP contribution is 2.18. The fourth-order valence-corrected chi connectivity index (χ4v) is 2.91. The van der Waals surface area contributed by atoms with Gasteiger partial charge in [-0.15, -0.1) is 0 Å². The van der Waals surface area contributed by atoms with Gasteiger partial charge in [-0.2, -0.15) is 4.98 Å². The average Bonchev–Trinajstić information content (AvgIpc) is 3.02. The van der Waals surface area contributed by atoms with Crippen LogP contribution in [-0.2, 0) is 21.2 Å². The highest BCUT2D eigenvalue weighted by atomic mass is 32.2. The predicted molar refractivity (Wildman–Crippen MR) is 81.7 cm³/mol. The second-order valence-electron chi connectivity index (χ2n) is 5.18. The minimum atomic E-state index is -3.52. The maximum Gasteiger partial charge on any atom is 0.339 e. The van der Waals surface area contributed by atoms with Crippen molar-refractivity contribution in [3.63, 3.8) is 0 Å². The molecule has 7 nitrogen and oxygen atoms in total. The summed E-state index contributed by atoms with van der Waals surface area (Å²) in [6.07, 6.45) is 0. The number of nitrogens with zero attached hydrogens (tertiary/aromatic N) is 2. The summed E-state index contributed by atoms with van der Waals surface area (Å²) < 4.78 is 34.1. The van der Waals surface area contributed by atoms with Gasteiger partial charge in [0.05, 0.1) is 16.2 Å². The molecule has 1 aromatic heterocycles. The first kappa shape index (κ1) is 17.1. The van der Waals surface area contributed by atoms with E-state index >= 15 is 0 Å². The van der Waals surface area contributed by atoms with Crippen LogP contribution in [0, 0.1) is 0 Å². The Bertz CT molecular complexity index is 796. The van der Waals surface area contributed by atoms with Gasteiger partial charge in [0, 0.05) is 5.92 Å². The van der Waals surface area contributed by atoms with Gasteiger partial charge in [-0.05, 0) is 12.1 Å². The third-order valence-electron chi connectivity index (χ3n) is 3.15. The molecule has 0 saturated carbocycles. The highest BCUT2D eigenvalue weighted by Gasteiger charge is 2.22. The lowest BCUT2D eigenvalue weighted by atomic mass is 10.2. The Balaban J connectivity index is 2.15. The summed E-state index contributed by atoms with van der Waals surface area (Å²) in [5.74, 6) is -0.0676. The van der Waals surface area contributed by atoms with Crippen molar-refractivity contribution >= 4 is 15.8 Å². The lowest BCUT2D eigenvalue weighted by molar-refractivity contribution is 0.0425. The van der Waals surface area contributed by atoms with Gasteiger partial charge in [0.25, 0.3) is 5.89 Å². The molecule has 0 atom stereocenters. The summed E-state index contributed by atoms with van der Waals surface area (Å²) in [4.78, 5) is 16.2. The number of benzene rings is 1. The Morgan fingerprint density at radius 1 is 1.30 bits per heavy atom. The summed E-state index contributed by atoms with van der Waals surface area (Å²) in [7, 11) is -3.52. The van der Waals surface area contributed by atoms with Crippen molar-refractivity contribution in [2.45, 2.75) is 38.2 Å². The SMILES string of the molecule is CCS(=O)(=O)c1ccccc1C(=O)OCc1nc(C(C)C)no1. The fraction of sp³-hybridized carbons (Fsp3) is 0.400. The molecule has 2 rings (SSSR count). The van der Waals surface area contributed by atoms with Crippen LogP contribution in [0.15, 0.2) is 33.7 Å². The summed E-state index contributed by atoms with van der Waals surface area (Å²) in [5.41, 5.74) is -0.00190. The molecule has 0 unspecified atom stereocenters. The molecule has 0 bridgehead atoms. The van der Waals surface area contributed by atoms with E-state index in [9.17, 15) is 13.2 Å². The quantitative estimate of drug-likeness (QED) is 0.745. The van der Waals surface area contributed by atoms with E-state index in [2.05, 4.69) is 10.1 Å². The first-order chi connectivity index (χ1) is 10.8. The van der Waals surface area contributed by atoms with Crippen molar-refractivity contribution in [1.82, 2.24) is 10.1 Å². The van der Waals surface area contributed by atoms with Crippen molar-refractivity contribution in [2.75, 3.05) is 5.75 Å². The molecule has 0 radical (unpaired) electrons. The molecular weight excluding hydrogens is 320 g/mol. The molecule has 0 aliphatic carbocycles. The van der Waals surface area contributed by atoms with E-state index in [0.29, 0.717) is 5.82 Å². The molecule has 124 valence electrons. The van der Waals surface area contributed by atoms with Gasteiger partial charge in [-0.1, -0.05) is 38.1 Å². The van der Waals surface area contributed by atoms with Gasteiger partial charge in [0.1, 0.15) is 0 Å². The van der Waals surface area contributed by atoms with E-state index in [1.807, 2.05) is 13.8 Å². The highest BCUT2D eigenvalue weighted by molar-refractivity contribution is 7.91. The molecule has 2 aromatic rings. The summed E-state index contributed by atoms with van der Waals surface area (Å²) >= 11 is 0. The second kappa shape index (κ2) is 6.91. The number of carbonyl (C=O) groups is 1. The van der Waals surface area contributed by atoms with Crippen LogP contribution in [0.5, 0.6) is 0 Å². The average molecular weight is 338 g/mol. The number of aromatic nitrogens is 2. The van der Waals surface area contributed by atoms with E-state index in [1.54, 1.807) is 12.1 Å². The lowest BCUT2D eigenvalue weighted by Crippen LogP contribution is -2.13. The molecule has 23 heavy (non-hydrogen) atoms. The zero-order valence-corrected chi connectivity index (χ0v) is 14.0. The number of esters is 1. The number of sulfone groups is 1. The topological polar surface area (TPSA) is 99.4 Å². The first-order valence-electron chi connectivity index (χ1n) is 7.16. The van der Waals surface area contributed by atoms with Crippen LogP contribution in [0.25, 0.3) is 0 Å². The van der Waals surface area contributed by atoms with E-state index in [0.717, 1.165) is 0 Å². The summed E-state index contributed by atoms with van der Waals surface area (Å²) in [5, 5.41) is 3.76. The molecule has 0 N–H and O–H groups in total. The van der Waals surface area contributed by atoms with Crippen LogP contribution < -0.4 is 0 Å². The van der Waals surface area contributed by atoms with Crippen molar-refractivity contribution in [3.05, 3.63) is 41.5 Å². The predicted octanol–water partition coefficient (Wildman–Crippen LogP) is 2.34. The smallest absolute Gasteiger partial charge is 0.339 e. The monoisotopic (exact) mass is 338 g/mol. The second-order valence-corrected chi connectivity index (χ2v) is 7.42. The number of rotatable bonds is 6. The third-order valence-corrected chi connectivity index (χ3v) is 4.94. The molecule has 0 fully saturated rings. The minimum Gasteiger partial charge on any atom is -0.452 e. The van der Waals surface area contributed by atoms with Crippen molar-refractivity contribution < 1.29 is 22.5 Å². The zero-order chi connectivity index (χ0) is 17.0. The Morgan fingerprint density at radius 3 is 2.61 bits per heavy atom. The van der Waals surface area contributed by atoms with Crippen LogP contribution in [0.4, 0.5) is 0 Å². The van der Waals surface area contributed by atoms with E-state index in [-0.39, 0.29) is 34.6 Å². The van der Waals surface area contributed by atoms with E-state index in [4.69, 9.17) is 9.26 Å². The van der Waals surface area contributed by atoms with Gasteiger partial charge < -0.3 is 9.26 Å². The molecular formula is C15H18N2O5S. The normalized spacial score (nSPS) is 11.7. The minimum absolute atomic E-state index is 0.00190. The van der Waals surface area contributed by atoms with Gasteiger partial charge >= 0.3 is 5.97 Å². The Kier molecular flexibility index (Phi) is 5.15. The fourth-order valence-electron chi connectivity index (χ4n) is 1.83. The van der Waals surface area contributed by atoms with Crippen LogP contribution in [0.1, 0.15) is 48.8 Å². The standard InChI is InChI=1S/C15H18N2O5S/c1-4-23(19,20)12-8-6-5-7-11(12)15(18)21-9-13-16-14(10(2)3)17-22-13/h5-8,10H,4,9H2,1-3H3. The van der Waals surface area contributed by atoms with Crippen LogP contribution >= 0.6 is 0 Å². The molecule has 1 heterocycles. The molecule has 8 heteroatoms. The van der Waals surface area contributed by atoms with Gasteiger partial charge in [-0.25, -0.2) is 13.2 Å². The Labute approximate surface area is 134 Å². The first-order valence-corrected chi connectivity index (χ1v) is 8.81. The van der Waals surface area contributed by atoms with Crippen LogP contribution in [0.3, 0.4) is 0 Å². The van der Waals surface area contributed by atoms with Gasteiger partial charge in [0.15, 0.2) is 22.3 Å². The lowest BCUT2D eigenvalue weighted by Gasteiger charge is -2.08. The molecule has 1 aromatic carbocycles. The van der Waals surface area contributed by atoms with Crippen molar-refractivity contribution in [2.24, 2.45) is 0 Å². The van der Waals surface area contributed by atoms with Crippen molar-refractivity contribution in [3.8, 4) is 0 Å². The molecule has 0 saturated heterocycles. The van der Waals surface area contributed by atoms with Gasteiger partial charge in [-0.3, -0.25) is 0 Å². The Morgan fingerprint density at radius 2 is 2.00 bits per heavy atom. The van der Waals surface area contributed by atoms with Crippen LogP contribution in [0.2, 0.25) is 0 Å². The van der Waals surface area contributed by atoms with E-state index in [1.165, 1.54) is 19.1 Å². The van der Waals surface area contributed by atoms with E-state index < -0.39 is 15.8 Å². The summed E-state index contributed by atoms with van der Waals surface area (Å²) in [6, 6.07) is 5.94. The number of hydrogen-bond donors (Lipinski definition) is 0. The van der Waals surface area contributed by atoms with Gasteiger partial charge in [0.2, 0.25) is 0 Å². The number of ether oxygens (including phenoxy) is 1. The summed E-state index contributed by atoms with van der Waals surface area (Å²) in [6.45, 7) is 5.13.